The van der Waals surface area contributed by atoms with E-state index in [1.165, 1.54) is 6.07 Å². The Labute approximate surface area is 126 Å². The summed E-state index contributed by atoms with van der Waals surface area (Å²) in [6.45, 7) is 3.73. The second kappa shape index (κ2) is 7.62. The molecule has 0 amide bonds. The molecular formula is C14H19BrFNOS. The molecule has 0 saturated carbocycles. The number of halogens is 2. The van der Waals surface area contributed by atoms with Crippen molar-refractivity contribution in [1.82, 2.24) is 5.32 Å². The van der Waals surface area contributed by atoms with Gasteiger partial charge in [-0.05, 0) is 36.7 Å². The maximum absolute atomic E-state index is 13.8. The first kappa shape index (κ1) is 15.3. The summed E-state index contributed by atoms with van der Waals surface area (Å²) >= 11 is 5.31. The summed E-state index contributed by atoms with van der Waals surface area (Å²) < 4.78 is 20.6. The lowest BCUT2D eigenvalue weighted by molar-refractivity contribution is 0.0474. The first-order valence-electron chi connectivity index (χ1n) is 6.57. The van der Waals surface area contributed by atoms with Gasteiger partial charge in [0, 0.05) is 22.0 Å². The van der Waals surface area contributed by atoms with Crippen molar-refractivity contribution in [2.45, 2.75) is 25.5 Å². The molecule has 1 saturated heterocycles. The van der Waals surface area contributed by atoms with Crippen LogP contribution in [0.4, 0.5) is 4.39 Å². The molecule has 1 aliphatic heterocycles. The van der Waals surface area contributed by atoms with E-state index in [1.54, 1.807) is 6.07 Å². The van der Waals surface area contributed by atoms with E-state index in [1.807, 2.05) is 17.8 Å². The van der Waals surface area contributed by atoms with Gasteiger partial charge in [-0.25, -0.2) is 4.39 Å². The van der Waals surface area contributed by atoms with Crippen molar-refractivity contribution < 1.29 is 9.13 Å². The predicted octanol–water partition coefficient (Wildman–Crippen LogP) is 3.24. The van der Waals surface area contributed by atoms with E-state index in [0.29, 0.717) is 6.42 Å². The minimum atomic E-state index is -0.144. The van der Waals surface area contributed by atoms with Gasteiger partial charge < -0.3 is 10.1 Å². The summed E-state index contributed by atoms with van der Waals surface area (Å²) in [6.07, 6.45) is 0.821. The van der Waals surface area contributed by atoms with E-state index in [4.69, 9.17) is 4.74 Å². The van der Waals surface area contributed by atoms with Crippen LogP contribution in [-0.2, 0) is 11.2 Å². The summed E-state index contributed by atoms with van der Waals surface area (Å²) in [7, 11) is 0. The largest absolute Gasteiger partial charge is 0.375 e. The second-order valence-electron chi connectivity index (χ2n) is 4.59. The SMILES string of the molecule is CCNC(Cc1cc(Br)ccc1F)C1CSCCO1. The number of benzene rings is 1. The lowest BCUT2D eigenvalue weighted by Gasteiger charge is -2.31. The van der Waals surface area contributed by atoms with E-state index >= 15 is 0 Å². The van der Waals surface area contributed by atoms with Crippen molar-refractivity contribution in [2.75, 3.05) is 24.7 Å². The van der Waals surface area contributed by atoms with Gasteiger partial charge in [-0.15, -0.1) is 0 Å². The molecule has 1 aromatic rings. The molecule has 1 heterocycles. The molecule has 0 bridgehead atoms. The molecule has 2 rings (SSSR count). The van der Waals surface area contributed by atoms with Crippen molar-refractivity contribution >= 4 is 27.7 Å². The Morgan fingerprint density at radius 1 is 1.58 bits per heavy atom. The molecule has 1 N–H and O–H groups in total. The molecule has 0 aliphatic carbocycles. The molecule has 0 spiro atoms. The quantitative estimate of drug-likeness (QED) is 0.883. The Bertz CT molecular complexity index is 412. The van der Waals surface area contributed by atoms with Gasteiger partial charge in [-0.1, -0.05) is 22.9 Å². The van der Waals surface area contributed by atoms with Crippen LogP contribution in [0.15, 0.2) is 22.7 Å². The predicted molar refractivity (Wildman–Crippen MR) is 82.3 cm³/mol. The average molecular weight is 348 g/mol. The van der Waals surface area contributed by atoms with Crippen LogP contribution < -0.4 is 5.32 Å². The van der Waals surface area contributed by atoms with Gasteiger partial charge in [0.2, 0.25) is 0 Å². The van der Waals surface area contributed by atoms with E-state index in [2.05, 4.69) is 28.2 Å². The lowest BCUT2D eigenvalue weighted by Crippen LogP contribution is -2.46. The van der Waals surface area contributed by atoms with Crippen LogP contribution in [0.3, 0.4) is 0 Å². The Hall–Kier alpha value is -0.100. The minimum absolute atomic E-state index is 0.144. The average Bonchev–Trinajstić information content (AvgIpc) is 2.43. The van der Waals surface area contributed by atoms with Crippen molar-refractivity contribution in [3.63, 3.8) is 0 Å². The van der Waals surface area contributed by atoms with Crippen molar-refractivity contribution in [3.05, 3.63) is 34.1 Å². The summed E-state index contributed by atoms with van der Waals surface area (Å²) in [5.41, 5.74) is 0.736. The number of rotatable bonds is 5. The highest BCUT2D eigenvalue weighted by molar-refractivity contribution is 9.10. The number of hydrogen-bond acceptors (Lipinski definition) is 3. The zero-order valence-corrected chi connectivity index (χ0v) is 13.4. The van der Waals surface area contributed by atoms with Crippen molar-refractivity contribution in [3.8, 4) is 0 Å². The molecule has 2 unspecified atom stereocenters. The molecule has 19 heavy (non-hydrogen) atoms. The summed E-state index contributed by atoms with van der Waals surface area (Å²) in [4.78, 5) is 0. The third-order valence-electron chi connectivity index (χ3n) is 3.20. The highest BCUT2D eigenvalue weighted by atomic mass is 79.9. The third-order valence-corrected chi connectivity index (χ3v) is 4.72. The van der Waals surface area contributed by atoms with E-state index < -0.39 is 0 Å². The van der Waals surface area contributed by atoms with Gasteiger partial charge in [-0.2, -0.15) is 11.8 Å². The highest BCUT2D eigenvalue weighted by Crippen LogP contribution is 2.21. The molecule has 1 aliphatic rings. The Morgan fingerprint density at radius 3 is 3.11 bits per heavy atom. The van der Waals surface area contributed by atoms with Crippen LogP contribution in [0.1, 0.15) is 12.5 Å². The molecule has 5 heteroatoms. The lowest BCUT2D eigenvalue weighted by atomic mass is 10.0. The second-order valence-corrected chi connectivity index (χ2v) is 6.65. The van der Waals surface area contributed by atoms with E-state index in [9.17, 15) is 4.39 Å². The van der Waals surface area contributed by atoms with Crippen LogP contribution in [-0.4, -0.2) is 36.8 Å². The fourth-order valence-electron chi connectivity index (χ4n) is 2.27. The molecule has 0 radical (unpaired) electrons. The Balaban J connectivity index is 2.08. The fourth-order valence-corrected chi connectivity index (χ4v) is 3.62. The maximum Gasteiger partial charge on any atom is 0.126 e. The van der Waals surface area contributed by atoms with E-state index in [-0.39, 0.29) is 18.0 Å². The molecule has 106 valence electrons. The van der Waals surface area contributed by atoms with Gasteiger partial charge in [0.15, 0.2) is 0 Å². The fraction of sp³-hybridized carbons (Fsp3) is 0.571. The van der Waals surface area contributed by atoms with Crippen LogP contribution in [0.5, 0.6) is 0 Å². The van der Waals surface area contributed by atoms with E-state index in [0.717, 1.165) is 34.7 Å². The Morgan fingerprint density at radius 2 is 2.42 bits per heavy atom. The molecule has 1 aromatic carbocycles. The number of likely N-dealkylation sites (N-methyl/N-ethyl adjacent to an activating group) is 1. The molecule has 0 aromatic heterocycles. The van der Waals surface area contributed by atoms with Gasteiger partial charge in [-0.3, -0.25) is 0 Å². The number of ether oxygens (including phenoxy) is 1. The third kappa shape index (κ3) is 4.45. The highest BCUT2D eigenvalue weighted by Gasteiger charge is 2.25. The van der Waals surface area contributed by atoms with Crippen LogP contribution in [0.2, 0.25) is 0 Å². The van der Waals surface area contributed by atoms with Gasteiger partial charge in [0.1, 0.15) is 5.82 Å². The Kier molecular flexibility index (Phi) is 6.13. The summed E-state index contributed by atoms with van der Waals surface area (Å²) in [5.74, 6) is 1.89. The molecule has 2 atom stereocenters. The smallest absolute Gasteiger partial charge is 0.126 e. The number of thioether (sulfide) groups is 1. The summed E-state index contributed by atoms with van der Waals surface area (Å²) in [5, 5.41) is 3.43. The molecular weight excluding hydrogens is 329 g/mol. The van der Waals surface area contributed by atoms with Crippen LogP contribution in [0, 0.1) is 5.82 Å². The summed E-state index contributed by atoms with van der Waals surface area (Å²) in [6, 6.07) is 5.27. The monoisotopic (exact) mass is 347 g/mol. The van der Waals surface area contributed by atoms with Gasteiger partial charge in [0.05, 0.1) is 12.7 Å². The maximum atomic E-state index is 13.8. The van der Waals surface area contributed by atoms with Crippen LogP contribution in [0.25, 0.3) is 0 Å². The molecule has 2 nitrogen and oxygen atoms in total. The van der Waals surface area contributed by atoms with Crippen molar-refractivity contribution in [2.24, 2.45) is 0 Å². The normalized spacial score (nSPS) is 21.3. The minimum Gasteiger partial charge on any atom is -0.375 e. The van der Waals surface area contributed by atoms with Crippen molar-refractivity contribution in [1.29, 1.82) is 0 Å². The first-order valence-corrected chi connectivity index (χ1v) is 8.52. The first-order chi connectivity index (χ1) is 9.20. The van der Waals surface area contributed by atoms with Crippen LogP contribution >= 0.6 is 27.7 Å². The topological polar surface area (TPSA) is 21.3 Å². The zero-order chi connectivity index (χ0) is 13.7. The van der Waals surface area contributed by atoms with Gasteiger partial charge in [0.25, 0.3) is 0 Å². The number of nitrogens with one attached hydrogen (secondary N) is 1. The standard InChI is InChI=1S/C14H19BrFNOS/c1-2-17-13(14-9-19-6-5-18-14)8-10-7-11(15)3-4-12(10)16/h3-4,7,13-14,17H,2,5-6,8-9H2,1H3. The molecule has 1 fully saturated rings. The number of hydrogen-bond donors (Lipinski definition) is 1. The zero-order valence-electron chi connectivity index (χ0n) is 11.0. The van der Waals surface area contributed by atoms with Gasteiger partial charge >= 0.3 is 0 Å².